The highest BCUT2D eigenvalue weighted by Crippen LogP contribution is 2.40. The number of nitrogens with zero attached hydrogens (tertiary/aromatic N) is 6. The first-order valence-corrected chi connectivity index (χ1v) is 15.0. The Morgan fingerprint density at radius 1 is 1.38 bits per heavy atom. The zero-order valence-corrected chi connectivity index (χ0v) is 23.5. The first-order valence-electron chi connectivity index (χ1n) is 11.7. The number of anilines is 1. The fourth-order valence-electron chi connectivity index (χ4n) is 4.40. The number of amides is 2. The number of carboxylic acids is 1. The molecule has 0 saturated carbocycles. The average molecular weight is 621 g/mol. The number of halogens is 1. The van der Waals surface area contributed by atoms with Crippen LogP contribution in [0.2, 0.25) is 0 Å². The van der Waals surface area contributed by atoms with Gasteiger partial charge in [-0.05, 0) is 11.6 Å². The molecule has 0 unspecified atom stereocenters. The summed E-state index contributed by atoms with van der Waals surface area (Å²) < 4.78 is 41.2. The molecule has 2 saturated heterocycles. The number of nitrogen functional groups attached to an aromatic ring is 1. The van der Waals surface area contributed by atoms with Crippen LogP contribution in [0, 0.1) is 0 Å². The van der Waals surface area contributed by atoms with Crippen LogP contribution in [0.15, 0.2) is 28.6 Å². The van der Waals surface area contributed by atoms with Crippen molar-refractivity contribution in [3.63, 3.8) is 0 Å². The van der Waals surface area contributed by atoms with Gasteiger partial charge in [0, 0.05) is 17.3 Å². The van der Waals surface area contributed by atoms with Gasteiger partial charge in [-0.25, -0.2) is 14.3 Å². The number of carboxylic acid groups (broad SMARTS) is 1. The minimum absolute atomic E-state index is 0.0306. The van der Waals surface area contributed by atoms with E-state index in [1.807, 2.05) is 7.05 Å². The number of nitrogens with one attached hydrogen (secondary N) is 1. The van der Waals surface area contributed by atoms with Crippen molar-refractivity contribution in [1.82, 2.24) is 23.9 Å². The van der Waals surface area contributed by atoms with Crippen LogP contribution in [0.1, 0.15) is 5.82 Å². The minimum Gasteiger partial charge on any atom is -0.477 e. The Kier molecular flexibility index (Phi) is 8.75. The maximum atomic E-state index is 13.0. The number of aliphatic carboxylic acids is 1. The van der Waals surface area contributed by atoms with Gasteiger partial charge in [0.05, 0.1) is 39.8 Å². The summed E-state index contributed by atoms with van der Waals surface area (Å²) in [7, 11) is -1.79. The van der Waals surface area contributed by atoms with Gasteiger partial charge in [0.25, 0.3) is 28.9 Å². The van der Waals surface area contributed by atoms with E-state index in [0.717, 1.165) is 16.4 Å². The Hall–Kier alpha value is -3.17. The number of piperazine rings is 1. The lowest BCUT2D eigenvalue weighted by molar-refractivity contribution is -0.907. The monoisotopic (exact) mass is 620 g/mol. The zero-order chi connectivity index (χ0) is 29.2. The van der Waals surface area contributed by atoms with Gasteiger partial charge >= 0.3 is 5.97 Å². The van der Waals surface area contributed by atoms with Crippen LogP contribution >= 0.6 is 23.3 Å². The Bertz CT molecular complexity index is 1390. The van der Waals surface area contributed by atoms with Gasteiger partial charge in [0.2, 0.25) is 11.5 Å². The van der Waals surface area contributed by atoms with Crippen molar-refractivity contribution < 1.29 is 41.6 Å². The lowest BCUT2D eigenvalue weighted by Crippen LogP contribution is -2.71. The number of rotatable bonds is 10. The number of allylic oxidation sites excluding steroid dienone is 1. The number of likely N-dealkylation sites (N-methyl/N-ethyl adjacent to an activating group) is 1. The topological polar surface area (TPSA) is 224 Å². The van der Waals surface area contributed by atoms with Gasteiger partial charge in [-0.1, -0.05) is 11.2 Å². The number of oxime groups is 1. The van der Waals surface area contributed by atoms with E-state index < -0.39 is 52.0 Å². The second-order valence-corrected chi connectivity index (χ2v) is 12.7. The molecule has 1 aromatic rings. The van der Waals surface area contributed by atoms with Gasteiger partial charge in [0.15, 0.2) is 5.13 Å². The summed E-state index contributed by atoms with van der Waals surface area (Å²) in [6, 6.07) is -1.08. The number of carbonyl (C=O) groups excluding carboxylic acids is 2. The molecule has 0 radical (unpaired) electrons. The van der Waals surface area contributed by atoms with E-state index in [-0.39, 0.29) is 35.5 Å². The lowest BCUT2D eigenvalue weighted by Gasteiger charge is -2.49. The van der Waals surface area contributed by atoms with Crippen molar-refractivity contribution in [3.8, 4) is 0 Å². The van der Waals surface area contributed by atoms with E-state index in [9.17, 15) is 32.3 Å². The molecular weight excluding hydrogens is 593 g/mol. The molecule has 0 spiro atoms. The molecule has 3 aliphatic heterocycles. The number of hydrogen-bond acceptors (Lipinski definition) is 12. The molecule has 2 amide bonds. The Labute approximate surface area is 236 Å². The largest absolute Gasteiger partial charge is 0.477 e. The molecule has 0 aliphatic carbocycles. The lowest BCUT2D eigenvalue weighted by atomic mass is 10.0. The fourth-order valence-corrected chi connectivity index (χ4v) is 6.83. The number of nitrogens with two attached hydrogens (primary N) is 2. The average Bonchev–Trinajstić information content (AvgIpc) is 3.32. The normalized spacial score (nSPS) is 23.6. The molecule has 40 heavy (non-hydrogen) atoms. The third kappa shape index (κ3) is 6.25. The number of hydrogen-bond donors (Lipinski definition) is 4. The first kappa shape index (κ1) is 29.8. The predicted molar refractivity (Wildman–Crippen MR) is 142 cm³/mol. The summed E-state index contributed by atoms with van der Waals surface area (Å²) in [6.07, 6.45) is 3.45. The molecule has 16 nitrogen and oxygen atoms in total. The fraction of sp³-hybridized carbons (Fsp3) is 0.500. The molecule has 2 atom stereocenters. The van der Waals surface area contributed by atoms with Crippen LogP contribution in [-0.2, 0) is 29.4 Å². The van der Waals surface area contributed by atoms with Gasteiger partial charge in [-0.15, -0.1) is 11.8 Å². The number of carbonyl (C=O) groups is 3. The SMILES string of the molecule is C[N+]1(C/C=C/C2=C(C(=O)O)N3C(=O)[C@@H](NC(=O)/C(=N\OCF)c4nsc(N)n4)[C@@H]3SC2)CCN(S(N)(=O)=O)CC1. The number of thioether (sulfide) groups is 1. The summed E-state index contributed by atoms with van der Waals surface area (Å²) in [4.78, 5) is 47.2. The first-order chi connectivity index (χ1) is 18.8. The van der Waals surface area contributed by atoms with E-state index in [4.69, 9.17) is 10.9 Å². The van der Waals surface area contributed by atoms with Crippen LogP contribution in [0.4, 0.5) is 9.52 Å². The van der Waals surface area contributed by atoms with Crippen LogP contribution in [0.25, 0.3) is 0 Å². The van der Waals surface area contributed by atoms with E-state index in [1.165, 1.54) is 16.1 Å². The van der Waals surface area contributed by atoms with Crippen molar-refractivity contribution in [1.29, 1.82) is 0 Å². The molecule has 0 aromatic carbocycles. The molecular formula is C20H27FN9O7S3+. The zero-order valence-electron chi connectivity index (χ0n) is 21.1. The molecule has 218 valence electrons. The molecule has 4 heterocycles. The quantitative estimate of drug-likeness (QED) is 0.0971. The predicted octanol–water partition coefficient (Wildman–Crippen LogP) is -1.97. The van der Waals surface area contributed by atoms with E-state index >= 15 is 0 Å². The van der Waals surface area contributed by atoms with Crippen molar-refractivity contribution in [2.24, 2.45) is 10.3 Å². The number of aromatic nitrogens is 2. The summed E-state index contributed by atoms with van der Waals surface area (Å²) in [6.45, 7) is 0.793. The smallest absolute Gasteiger partial charge is 0.352 e. The van der Waals surface area contributed by atoms with Crippen molar-refractivity contribution in [2.75, 3.05) is 58.1 Å². The van der Waals surface area contributed by atoms with Gasteiger partial charge in [0.1, 0.15) is 17.1 Å². The summed E-state index contributed by atoms with van der Waals surface area (Å²) in [5.74, 6) is -2.84. The van der Waals surface area contributed by atoms with Crippen molar-refractivity contribution in [3.05, 3.63) is 29.2 Å². The molecule has 3 aliphatic rings. The number of quaternary nitrogens is 1. The second-order valence-electron chi connectivity index (χ2n) is 9.27. The van der Waals surface area contributed by atoms with Crippen molar-refractivity contribution >= 4 is 62.1 Å². The molecule has 20 heteroatoms. The molecule has 0 bridgehead atoms. The van der Waals surface area contributed by atoms with Gasteiger partial charge in [-0.2, -0.15) is 22.1 Å². The highest BCUT2D eigenvalue weighted by atomic mass is 32.2. The third-order valence-electron chi connectivity index (χ3n) is 6.56. The summed E-state index contributed by atoms with van der Waals surface area (Å²) >= 11 is 2.04. The molecule has 2 fully saturated rings. The van der Waals surface area contributed by atoms with E-state index in [2.05, 4.69) is 24.7 Å². The summed E-state index contributed by atoms with van der Waals surface area (Å²) in [5, 5.41) is 20.3. The molecule has 4 rings (SSSR count). The van der Waals surface area contributed by atoms with Crippen LogP contribution in [0.3, 0.4) is 0 Å². The van der Waals surface area contributed by atoms with Gasteiger partial charge in [-0.3, -0.25) is 14.5 Å². The van der Waals surface area contributed by atoms with Crippen LogP contribution < -0.4 is 16.2 Å². The highest BCUT2D eigenvalue weighted by Gasteiger charge is 2.54. The Morgan fingerprint density at radius 2 is 2.08 bits per heavy atom. The standard InChI is InChI=1S/C20H26FN9O7S3/c1-30(7-4-28(5-8-30)40(23,35)36)6-2-3-11-9-38-18-13(17(32)29(18)14(11)19(33)34)24-16(31)12(26-37-10-21)15-25-20(22)39-27-15/h2-3,13,18H,4-10H2,1H3,(H5-,22,23,24,25,27,31,33,34,35,36)/p+1/b3-2+,26-12-/t13-,18+/m1/s1. The summed E-state index contributed by atoms with van der Waals surface area (Å²) in [5.41, 5.74) is 5.27. The number of alkyl halides is 1. The highest BCUT2D eigenvalue weighted by molar-refractivity contribution is 8.00. The maximum absolute atomic E-state index is 13.0. The molecule has 6 N–H and O–H groups in total. The number of fused-ring (bicyclic) bond motifs is 1. The second kappa shape index (κ2) is 11.7. The Morgan fingerprint density at radius 3 is 2.65 bits per heavy atom. The third-order valence-corrected chi connectivity index (χ3v) is 9.49. The van der Waals surface area contributed by atoms with Crippen LogP contribution in [-0.4, -0.2) is 124 Å². The maximum Gasteiger partial charge on any atom is 0.352 e. The Balaban J connectivity index is 1.44. The number of β-lactam (4-membered cyclic amide) rings is 1. The van der Waals surface area contributed by atoms with Gasteiger partial charge < -0.3 is 25.5 Å². The molecule has 1 aromatic heterocycles. The van der Waals surface area contributed by atoms with Crippen molar-refractivity contribution in [2.45, 2.75) is 11.4 Å². The van der Waals surface area contributed by atoms with Crippen LogP contribution in [0.5, 0.6) is 0 Å². The van der Waals surface area contributed by atoms with E-state index in [0.29, 0.717) is 29.7 Å². The van der Waals surface area contributed by atoms with E-state index in [1.54, 1.807) is 12.2 Å². The minimum atomic E-state index is -3.75.